The number of amides is 1. The molecule has 0 aromatic heterocycles. The number of fused-ring (bicyclic) bond motifs is 1. The van der Waals surface area contributed by atoms with E-state index in [1.807, 2.05) is 24.3 Å². The normalized spacial score (nSPS) is 22.8. The molecule has 1 aliphatic heterocycles. The average Bonchev–Trinajstić information content (AvgIpc) is 2.89. The first-order valence-electron chi connectivity index (χ1n) is 9.38. The van der Waals surface area contributed by atoms with Gasteiger partial charge in [0.15, 0.2) is 0 Å². The number of nitrogens with zero attached hydrogens (tertiary/aromatic N) is 1. The predicted octanol–water partition coefficient (Wildman–Crippen LogP) is 2.60. The highest BCUT2D eigenvalue weighted by atomic mass is 32.2. The molecule has 0 radical (unpaired) electrons. The second-order valence-corrected chi connectivity index (χ2v) is 9.34. The summed E-state index contributed by atoms with van der Waals surface area (Å²) in [4.78, 5) is 12.9. The minimum atomic E-state index is -3.43. The van der Waals surface area contributed by atoms with Crippen molar-refractivity contribution < 1.29 is 13.2 Å². The number of carbonyl (C=O) groups excluding carboxylic acids is 1. The van der Waals surface area contributed by atoms with E-state index in [-0.39, 0.29) is 24.2 Å². The monoisotopic (exact) mass is 364 g/mol. The Morgan fingerprint density at radius 3 is 2.40 bits per heavy atom. The van der Waals surface area contributed by atoms with Crippen molar-refractivity contribution in [2.24, 2.45) is 0 Å². The van der Waals surface area contributed by atoms with Crippen LogP contribution in [0, 0.1) is 0 Å². The number of benzene rings is 1. The first-order chi connectivity index (χ1) is 12.0. The summed E-state index contributed by atoms with van der Waals surface area (Å²) in [6, 6.07) is 7.36. The highest BCUT2D eigenvalue weighted by Crippen LogP contribution is 2.27. The Morgan fingerprint density at radius 2 is 1.76 bits per heavy atom. The molecular weight excluding hydrogens is 336 g/mol. The van der Waals surface area contributed by atoms with Gasteiger partial charge in [0.2, 0.25) is 15.9 Å². The maximum Gasteiger partial charge on any atom is 0.239 e. The molecule has 5 nitrogen and oxygen atoms in total. The zero-order valence-electron chi connectivity index (χ0n) is 14.9. The number of carbonyl (C=O) groups is 1. The summed E-state index contributed by atoms with van der Waals surface area (Å²) in [6.07, 6.45) is 7.16. The van der Waals surface area contributed by atoms with E-state index in [9.17, 15) is 13.2 Å². The van der Waals surface area contributed by atoms with Crippen molar-refractivity contribution in [3.8, 4) is 0 Å². The van der Waals surface area contributed by atoms with Crippen molar-refractivity contribution in [1.82, 2.24) is 9.62 Å². The molecule has 25 heavy (non-hydrogen) atoms. The third-order valence-corrected chi connectivity index (χ3v) is 7.26. The molecule has 1 atom stereocenters. The fourth-order valence-corrected chi connectivity index (χ4v) is 5.13. The van der Waals surface area contributed by atoms with Gasteiger partial charge in [-0.2, -0.15) is 4.31 Å². The van der Waals surface area contributed by atoms with Crippen molar-refractivity contribution in [3.63, 3.8) is 0 Å². The van der Waals surface area contributed by atoms with Crippen LogP contribution in [-0.4, -0.2) is 36.5 Å². The zero-order chi connectivity index (χ0) is 17.9. The van der Waals surface area contributed by atoms with Crippen LogP contribution in [0.25, 0.3) is 0 Å². The van der Waals surface area contributed by atoms with Crippen molar-refractivity contribution >= 4 is 15.9 Å². The Kier molecular flexibility index (Phi) is 5.79. The number of sulfonamides is 1. The predicted molar refractivity (Wildman–Crippen MR) is 98.6 cm³/mol. The van der Waals surface area contributed by atoms with Gasteiger partial charge in [0, 0.05) is 12.6 Å². The van der Waals surface area contributed by atoms with Crippen molar-refractivity contribution in [3.05, 3.63) is 35.4 Å². The van der Waals surface area contributed by atoms with Gasteiger partial charge in [-0.15, -0.1) is 0 Å². The van der Waals surface area contributed by atoms with Crippen LogP contribution in [0.3, 0.4) is 0 Å². The van der Waals surface area contributed by atoms with Crippen LogP contribution in [0.1, 0.15) is 56.6 Å². The van der Waals surface area contributed by atoms with Gasteiger partial charge in [-0.3, -0.25) is 4.79 Å². The molecule has 0 bridgehead atoms. The molecule has 1 heterocycles. The van der Waals surface area contributed by atoms with Crippen LogP contribution in [-0.2, 0) is 27.8 Å². The Hall–Kier alpha value is -1.40. The largest absolute Gasteiger partial charge is 0.352 e. The molecule has 3 rings (SSSR count). The fraction of sp³-hybridized carbons (Fsp3) is 0.632. The van der Waals surface area contributed by atoms with Gasteiger partial charge < -0.3 is 5.32 Å². The Labute approximate surface area is 150 Å². The molecule has 0 spiro atoms. The van der Waals surface area contributed by atoms with Crippen molar-refractivity contribution in [2.45, 2.75) is 70.5 Å². The van der Waals surface area contributed by atoms with Crippen LogP contribution in [0.2, 0.25) is 0 Å². The Bertz CT molecular complexity index is 709. The topological polar surface area (TPSA) is 66.5 Å². The molecule has 1 amide bonds. The summed E-state index contributed by atoms with van der Waals surface area (Å²) in [5.74, 6) is -0.124. The molecule has 1 aromatic carbocycles. The van der Waals surface area contributed by atoms with Crippen LogP contribution < -0.4 is 5.32 Å². The molecule has 1 N–H and O–H groups in total. The van der Waals surface area contributed by atoms with E-state index >= 15 is 0 Å². The van der Waals surface area contributed by atoms with E-state index in [2.05, 4.69) is 5.32 Å². The maximum atomic E-state index is 12.9. The van der Waals surface area contributed by atoms with Gasteiger partial charge in [0.25, 0.3) is 0 Å². The summed E-state index contributed by atoms with van der Waals surface area (Å²) < 4.78 is 26.5. The van der Waals surface area contributed by atoms with E-state index in [0.717, 1.165) is 36.8 Å². The Balaban J connectivity index is 1.81. The number of rotatable bonds is 4. The van der Waals surface area contributed by atoms with Crippen molar-refractivity contribution in [1.29, 1.82) is 0 Å². The minimum Gasteiger partial charge on any atom is -0.352 e. The summed E-state index contributed by atoms with van der Waals surface area (Å²) >= 11 is 0. The molecule has 0 saturated heterocycles. The third kappa shape index (κ3) is 4.23. The number of nitrogens with one attached hydrogen (secondary N) is 1. The number of hydrogen-bond acceptors (Lipinski definition) is 3. The molecule has 0 unspecified atom stereocenters. The lowest BCUT2D eigenvalue weighted by atomic mass is 9.95. The number of hydrogen-bond donors (Lipinski definition) is 1. The molecule has 1 saturated carbocycles. The summed E-state index contributed by atoms with van der Waals surface area (Å²) in [5.41, 5.74) is 2.07. The van der Waals surface area contributed by atoms with Gasteiger partial charge in [0.05, 0.1) is 5.75 Å². The second kappa shape index (κ2) is 7.87. The van der Waals surface area contributed by atoms with Crippen LogP contribution in [0.5, 0.6) is 0 Å². The standard InChI is InChI=1S/C19H28N2O3S/c1-2-25(23,24)21-14-16-10-8-7-9-15(16)13-18(21)19(22)20-17-11-5-3-4-6-12-17/h7-10,17-18H,2-6,11-14H2,1H3,(H,20,22)/t18-/m0/s1. The maximum absolute atomic E-state index is 12.9. The smallest absolute Gasteiger partial charge is 0.239 e. The third-order valence-electron chi connectivity index (χ3n) is 5.43. The van der Waals surface area contributed by atoms with Crippen LogP contribution >= 0.6 is 0 Å². The van der Waals surface area contributed by atoms with Crippen LogP contribution in [0.4, 0.5) is 0 Å². The lowest BCUT2D eigenvalue weighted by Gasteiger charge is -2.35. The van der Waals surface area contributed by atoms with E-state index in [4.69, 9.17) is 0 Å². The first kappa shape index (κ1) is 18.4. The van der Waals surface area contributed by atoms with E-state index < -0.39 is 16.1 Å². The van der Waals surface area contributed by atoms with Gasteiger partial charge in [-0.25, -0.2) is 8.42 Å². The van der Waals surface area contributed by atoms with E-state index in [1.54, 1.807) is 6.92 Å². The van der Waals surface area contributed by atoms with E-state index in [1.165, 1.54) is 17.1 Å². The quantitative estimate of drug-likeness (QED) is 0.835. The van der Waals surface area contributed by atoms with Gasteiger partial charge >= 0.3 is 0 Å². The molecule has 2 aliphatic rings. The molecule has 1 fully saturated rings. The van der Waals surface area contributed by atoms with Crippen molar-refractivity contribution in [2.75, 3.05) is 5.75 Å². The fourth-order valence-electron chi connectivity index (χ4n) is 3.90. The molecule has 1 aromatic rings. The molecule has 6 heteroatoms. The Morgan fingerprint density at radius 1 is 1.12 bits per heavy atom. The SMILES string of the molecule is CCS(=O)(=O)N1Cc2ccccc2C[C@H]1C(=O)NC1CCCCCC1. The molecule has 1 aliphatic carbocycles. The second-order valence-electron chi connectivity index (χ2n) is 7.13. The highest BCUT2D eigenvalue weighted by molar-refractivity contribution is 7.89. The van der Waals surface area contributed by atoms with E-state index in [0.29, 0.717) is 6.42 Å². The summed E-state index contributed by atoms with van der Waals surface area (Å²) in [6.45, 7) is 1.92. The summed E-state index contributed by atoms with van der Waals surface area (Å²) in [5, 5.41) is 3.14. The lowest BCUT2D eigenvalue weighted by molar-refractivity contribution is -0.126. The summed E-state index contributed by atoms with van der Waals surface area (Å²) in [7, 11) is -3.43. The van der Waals surface area contributed by atoms with Gasteiger partial charge in [0.1, 0.15) is 6.04 Å². The van der Waals surface area contributed by atoms with Gasteiger partial charge in [-0.05, 0) is 37.3 Å². The lowest BCUT2D eigenvalue weighted by Crippen LogP contribution is -2.54. The van der Waals surface area contributed by atoms with Crippen LogP contribution in [0.15, 0.2) is 24.3 Å². The minimum absolute atomic E-state index is 0.0162. The molecule has 138 valence electrons. The average molecular weight is 365 g/mol. The zero-order valence-corrected chi connectivity index (χ0v) is 15.7. The molecular formula is C19H28N2O3S. The first-order valence-corrected chi connectivity index (χ1v) is 11.0. The van der Waals surface area contributed by atoms with Gasteiger partial charge in [-0.1, -0.05) is 49.9 Å². The highest BCUT2D eigenvalue weighted by Gasteiger charge is 2.38.